The second kappa shape index (κ2) is 6.75. The first-order chi connectivity index (χ1) is 8.93. The summed E-state index contributed by atoms with van der Waals surface area (Å²) in [6.45, 7) is 3.41. The predicted molar refractivity (Wildman–Crippen MR) is 72.7 cm³/mol. The molecule has 0 bridgehead atoms. The number of hydrogen-bond acceptors (Lipinski definition) is 4. The molecule has 0 aliphatic rings. The first-order valence-corrected chi connectivity index (χ1v) is 5.95. The van der Waals surface area contributed by atoms with Crippen molar-refractivity contribution in [1.82, 2.24) is 5.32 Å². The molecular weight excluding hydrogens is 246 g/mol. The fourth-order valence-electron chi connectivity index (χ4n) is 1.50. The zero-order valence-electron chi connectivity index (χ0n) is 11.3. The maximum atomic E-state index is 11.7. The molecule has 0 spiro atoms. The summed E-state index contributed by atoms with van der Waals surface area (Å²) < 4.78 is 4.52. The second-order valence-electron chi connectivity index (χ2n) is 4.26. The molecule has 0 radical (unpaired) electrons. The molecule has 0 aliphatic heterocycles. The Bertz CT molecular complexity index is 460. The fourth-order valence-corrected chi connectivity index (χ4v) is 1.50. The lowest BCUT2D eigenvalue weighted by Gasteiger charge is -2.13. The number of methoxy groups -OCH3 is 1. The van der Waals surface area contributed by atoms with E-state index in [0.29, 0.717) is 5.69 Å². The van der Waals surface area contributed by atoms with Gasteiger partial charge in [0.1, 0.15) is 6.04 Å². The summed E-state index contributed by atoms with van der Waals surface area (Å²) in [5, 5.41) is 5.11. The van der Waals surface area contributed by atoms with Gasteiger partial charge in [-0.15, -0.1) is 0 Å². The van der Waals surface area contributed by atoms with Crippen LogP contribution in [0.25, 0.3) is 0 Å². The molecule has 6 nitrogen and oxygen atoms in total. The van der Waals surface area contributed by atoms with Crippen LogP contribution in [0.15, 0.2) is 24.3 Å². The number of hydrogen-bond donors (Lipinski definition) is 3. The average Bonchev–Trinajstić information content (AvgIpc) is 2.37. The van der Waals surface area contributed by atoms with Gasteiger partial charge in [-0.2, -0.15) is 0 Å². The van der Waals surface area contributed by atoms with Gasteiger partial charge in [0.15, 0.2) is 0 Å². The number of carbonyl (C=O) groups excluding carboxylic acids is 2. The van der Waals surface area contributed by atoms with E-state index in [1.165, 1.54) is 7.11 Å². The van der Waals surface area contributed by atoms with E-state index in [0.717, 1.165) is 5.56 Å². The van der Waals surface area contributed by atoms with E-state index < -0.39 is 18.0 Å². The molecule has 1 rings (SSSR count). The summed E-state index contributed by atoms with van der Waals surface area (Å²) >= 11 is 0. The van der Waals surface area contributed by atoms with E-state index >= 15 is 0 Å². The number of urea groups is 1. The van der Waals surface area contributed by atoms with Crippen LogP contribution in [-0.4, -0.2) is 25.2 Å². The van der Waals surface area contributed by atoms with Crippen LogP contribution in [0.3, 0.4) is 0 Å². The van der Waals surface area contributed by atoms with Gasteiger partial charge in [0.25, 0.3) is 0 Å². The van der Waals surface area contributed by atoms with Crippen molar-refractivity contribution in [3.8, 4) is 0 Å². The topological polar surface area (TPSA) is 93.4 Å². The largest absolute Gasteiger partial charge is 0.467 e. The van der Waals surface area contributed by atoms with Crippen LogP contribution in [-0.2, 0) is 9.53 Å². The molecular formula is C13H19N3O3. The minimum absolute atomic E-state index is 0.112. The minimum Gasteiger partial charge on any atom is -0.467 e. The molecule has 1 aromatic carbocycles. The smallest absolute Gasteiger partial charge is 0.328 e. The molecule has 2 atom stereocenters. The molecule has 6 heteroatoms. The highest BCUT2D eigenvalue weighted by molar-refractivity contribution is 5.92. The van der Waals surface area contributed by atoms with Gasteiger partial charge in [-0.3, -0.25) is 0 Å². The summed E-state index contributed by atoms with van der Waals surface area (Å²) in [5.74, 6) is -0.500. The Morgan fingerprint density at radius 3 is 2.58 bits per heavy atom. The van der Waals surface area contributed by atoms with E-state index in [9.17, 15) is 9.59 Å². The summed E-state index contributed by atoms with van der Waals surface area (Å²) in [4.78, 5) is 22.8. The maximum absolute atomic E-state index is 11.7. The summed E-state index contributed by atoms with van der Waals surface area (Å²) in [6, 6.07) is 5.92. The van der Waals surface area contributed by atoms with Gasteiger partial charge >= 0.3 is 12.0 Å². The van der Waals surface area contributed by atoms with Gasteiger partial charge in [0, 0.05) is 11.7 Å². The Kier molecular flexibility index (Phi) is 5.32. The van der Waals surface area contributed by atoms with E-state index in [2.05, 4.69) is 15.4 Å². The Labute approximate surface area is 112 Å². The lowest BCUT2D eigenvalue weighted by Crippen LogP contribution is -2.41. The van der Waals surface area contributed by atoms with Crippen molar-refractivity contribution in [2.45, 2.75) is 25.9 Å². The van der Waals surface area contributed by atoms with Crippen molar-refractivity contribution in [2.24, 2.45) is 5.73 Å². The monoisotopic (exact) mass is 265 g/mol. The van der Waals surface area contributed by atoms with E-state index in [4.69, 9.17) is 5.73 Å². The fraction of sp³-hybridized carbons (Fsp3) is 0.385. The van der Waals surface area contributed by atoms with Crippen LogP contribution in [0.1, 0.15) is 25.5 Å². The lowest BCUT2D eigenvalue weighted by atomic mass is 10.1. The van der Waals surface area contributed by atoms with Crippen LogP contribution >= 0.6 is 0 Å². The lowest BCUT2D eigenvalue weighted by molar-refractivity contribution is -0.142. The summed E-state index contributed by atoms with van der Waals surface area (Å²) in [7, 11) is 1.27. The van der Waals surface area contributed by atoms with E-state index in [1.54, 1.807) is 25.1 Å². The highest BCUT2D eigenvalue weighted by atomic mass is 16.5. The molecule has 0 saturated carbocycles. The highest BCUT2D eigenvalue weighted by Crippen LogP contribution is 2.15. The number of esters is 1. The Morgan fingerprint density at radius 1 is 1.32 bits per heavy atom. The number of carbonyl (C=O) groups is 2. The number of rotatable bonds is 4. The van der Waals surface area contributed by atoms with E-state index in [-0.39, 0.29) is 6.04 Å². The number of nitrogens with one attached hydrogen (secondary N) is 2. The molecule has 0 heterocycles. The standard InChI is InChI=1S/C13H19N3O3/c1-8(14)10-5-4-6-11(7-10)16-13(18)15-9(2)12(17)19-3/h4-9H,14H2,1-3H3,(H2,15,16,18). The van der Waals surface area contributed by atoms with Gasteiger partial charge in [-0.05, 0) is 31.5 Å². The number of anilines is 1. The third-order valence-electron chi connectivity index (χ3n) is 2.57. The number of ether oxygens (including phenoxy) is 1. The second-order valence-corrected chi connectivity index (χ2v) is 4.26. The normalized spacial score (nSPS) is 13.3. The maximum Gasteiger partial charge on any atom is 0.328 e. The first-order valence-electron chi connectivity index (χ1n) is 5.95. The molecule has 2 amide bonds. The third-order valence-corrected chi connectivity index (χ3v) is 2.57. The first kappa shape index (κ1) is 15.0. The van der Waals surface area contributed by atoms with Gasteiger partial charge in [-0.1, -0.05) is 12.1 Å². The van der Waals surface area contributed by atoms with Crippen molar-refractivity contribution in [3.63, 3.8) is 0 Å². The molecule has 19 heavy (non-hydrogen) atoms. The van der Waals surface area contributed by atoms with Crippen molar-refractivity contribution >= 4 is 17.7 Å². The van der Waals surface area contributed by atoms with Gasteiger partial charge < -0.3 is 21.1 Å². The van der Waals surface area contributed by atoms with Crippen LogP contribution in [0.2, 0.25) is 0 Å². The van der Waals surface area contributed by atoms with Crippen LogP contribution < -0.4 is 16.4 Å². The van der Waals surface area contributed by atoms with Crippen molar-refractivity contribution in [1.29, 1.82) is 0 Å². The Morgan fingerprint density at radius 2 is 2.00 bits per heavy atom. The molecule has 4 N–H and O–H groups in total. The number of benzene rings is 1. The third kappa shape index (κ3) is 4.59. The molecule has 104 valence electrons. The van der Waals surface area contributed by atoms with E-state index in [1.807, 2.05) is 13.0 Å². The quantitative estimate of drug-likeness (QED) is 0.717. The van der Waals surface area contributed by atoms with Gasteiger partial charge in [0.05, 0.1) is 7.11 Å². The predicted octanol–water partition coefficient (Wildman–Crippen LogP) is 1.39. The molecule has 0 fully saturated rings. The summed E-state index contributed by atoms with van der Waals surface area (Å²) in [6.07, 6.45) is 0. The number of amides is 2. The molecule has 1 aromatic rings. The zero-order chi connectivity index (χ0) is 14.4. The number of nitrogens with two attached hydrogens (primary N) is 1. The average molecular weight is 265 g/mol. The molecule has 2 unspecified atom stereocenters. The molecule has 0 saturated heterocycles. The minimum atomic E-state index is -0.707. The summed E-state index contributed by atoms with van der Waals surface area (Å²) in [5.41, 5.74) is 7.29. The Balaban J connectivity index is 2.62. The molecule has 0 aliphatic carbocycles. The van der Waals surface area contributed by atoms with Crippen molar-refractivity contribution < 1.29 is 14.3 Å². The molecule has 0 aromatic heterocycles. The van der Waals surface area contributed by atoms with Crippen LogP contribution in [0.5, 0.6) is 0 Å². The van der Waals surface area contributed by atoms with Crippen LogP contribution in [0.4, 0.5) is 10.5 Å². The van der Waals surface area contributed by atoms with Crippen molar-refractivity contribution in [2.75, 3.05) is 12.4 Å². The van der Waals surface area contributed by atoms with Gasteiger partial charge in [-0.25, -0.2) is 9.59 Å². The highest BCUT2D eigenvalue weighted by Gasteiger charge is 2.15. The van der Waals surface area contributed by atoms with Crippen LogP contribution in [0, 0.1) is 0 Å². The SMILES string of the molecule is COC(=O)C(C)NC(=O)Nc1cccc(C(C)N)c1. The van der Waals surface area contributed by atoms with Gasteiger partial charge in [0.2, 0.25) is 0 Å². The van der Waals surface area contributed by atoms with Crippen molar-refractivity contribution in [3.05, 3.63) is 29.8 Å². The Hall–Kier alpha value is -2.08. The zero-order valence-corrected chi connectivity index (χ0v) is 11.3.